The molecule has 4 rings (SSSR count). The van der Waals surface area contributed by atoms with Crippen molar-refractivity contribution in [3.63, 3.8) is 0 Å². The average molecular weight is 444 g/mol. The van der Waals surface area contributed by atoms with Crippen molar-refractivity contribution in [2.24, 2.45) is 7.05 Å². The first-order chi connectivity index (χ1) is 14.4. The maximum atomic E-state index is 14.5. The first kappa shape index (κ1) is 20.8. The van der Waals surface area contributed by atoms with E-state index in [1.54, 1.807) is 18.3 Å². The molecule has 0 bridgehead atoms. The van der Waals surface area contributed by atoms with Crippen molar-refractivity contribution in [1.29, 1.82) is 0 Å². The van der Waals surface area contributed by atoms with Gasteiger partial charge in [-0.05, 0) is 42.7 Å². The summed E-state index contributed by atoms with van der Waals surface area (Å²) in [6.07, 6.45) is 5.10. The van der Waals surface area contributed by atoms with Gasteiger partial charge >= 0.3 is 0 Å². The predicted molar refractivity (Wildman–Crippen MR) is 120 cm³/mol. The second-order valence-electron chi connectivity index (χ2n) is 7.03. The molecule has 1 atom stereocenters. The zero-order valence-corrected chi connectivity index (χ0v) is 18.6. The van der Waals surface area contributed by atoms with Gasteiger partial charge in [0.15, 0.2) is 5.82 Å². The minimum Gasteiger partial charge on any atom is -0.611 e. The summed E-state index contributed by atoms with van der Waals surface area (Å²) in [7, 11) is 1.91. The zero-order valence-electron chi connectivity index (χ0n) is 17.0. The molecule has 9 heteroatoms. The van der Waals surface area contributed by atoms with E-state index in [4.69, 9.17) is 5.73 Å². The average Bonchev–Trinajstić information content (AvgIpc) is 3.25. The van der Waals surface area contributed by atoms with Gasteiger partial charge in [0.25, 0.3) is 0 Å². The third-order valence-corrected chi connectivity index (χ3v) is 8.05. The Balaban J connectivity index is 1.99. The van der Waals surface area contributed by atoms with Gasteiger partial charge in [0.2, 0.25) is 4.21 Å². The zero-order chi connectivity index (χ0) is 21.4. The minimum absolute atomic E-state index is 0.167. The molecule has 0 saturated heterocycles. The molecule has 0 radical (unpaired) electrons. The number of aromatic nitrogens is 4. The number of thiophene rings is 1. The van der Waals surface area contributed by atoms with Gasteiger partial charge in [0.05, 0.1) is 17.6 Å². The number of nitrogens with zero attached hydrogens (tertiary/aromatic N) is 4. The van der Waals surface area contributed by atoms with Crippen LogP contribution in [-0.2, 0) is 18.2 Å². The lowest BCUT2D eigenvalue weighted by Crippen LogP contribution is -2.07. The largest absolute Gasteiger partial charge is 0.611 e. The van der Waals surface area contributed by atoms with Crippen LogP contribution in [0.1, 0.15) is 25.6 Å². The molecule has 30 heavy (non-hydrogen) atoms. The number of fused-ring (bicyclic) bond motifs is 1. The maximum Gasteiger partial charge on any atom is 0.232 e. The van der Waals surface area contributed by atoms with E-state index < -0.39 is 17.0 Å². The number of hydrogen-bond donors (Lipinski definition) is 1. The van der Waals surface area contributed by atoms with Crippen LogP contribution < -0.4 is 5.73 Å². The van der Waals surface area contributed by atoms with Crippen LogP contribution in [0.4, 0.5) is 10.1 Å². The number of nitrogens with two attached hydrogens (primary N) is 1. The Hall–Kier alpha value is -2.49. The number of nitrogen functional groups attached to an aromatic ring is 1. The molecule has 0 amide bonds. The quantitative estimate of drug-likeness (QED) is 0.436. The van der Waals surface area contributed by atoms with Crippen LogP contribution in [0, 0.1) is 12.7 Å². The Labute approximate surface area is 181 Å². The Morgan fingerprint density at radius 1 is 1.33 bits per heavy atom. The number of rotatable bonds is 6. The number of anilines is 1. The SMILES string of the molecule is CCCC[S+]([O-])c1sc2nc(-c3ncccc3F)cc(-c3cnc(C)n3C)c2c1N. The maximum absolute atomic E-state index is 14.5. The summed E-state index contributed by atoms with van der Waals surface area (Å²) in [5.74, 6) is 0.934. The van der Waals surface area contributed by atoms with Gasteiger partial charge in [-0.2, -0.15) is 0 Å². The van der Waals surface area contributed by atoms with E-state index in [9.17, 15) is 8.94 Å². The van der Waals surface area contributed by atoms with Gasteiger partial charge in [-0.1, -0.05) is 24.7 Å². The third-order valence-electron chi connectivity index (χ3n) is 5.05. The fourth-order valence-electron chi connectivity index (χ4n) is 3.29. The van der Waals surface area contributed by atoms with Gasteiger partial charge in [0.1, 0.15) is 27.8 Å². The van der Waals surface area contributed by atoms with Crippen molar-refractivity contribution < 1.29 is 8.94 Å². The number of unbranched alkanes of at least 4 members (excludes halogenated alkanes) is 1. The van der Waals surface area contributed by atoms with E-state index in [-0.39, 0.29) is 5.69 Å². The summed E-state index contributed by atoms with van der Waals surface area (Å²) < 4.78 is 29.9. The topological polar surface area (TPSA) is 92.7 Å². The lowest BCUT2D eigenvalue weighted by atomic mass is 10.1. The van der Waals surface area contributed by atoms with Gasteiger partial charge < -0.3 is 14.9 Å². The van der Waals surface area contributed by atoms with Crippen LogP contribution in [-0.4, -0.2) is 29.8 Å². The molecule has 156 valence electrons. The van der Waals surface area contributed by atoms with E-state index in [0.29, 0.717) is 26.2 Å². The molecular formula is C21H22FN5OS2. The standard InChI is InChI=1S/C21H22FN5OS2/c1-4-5-9-30(28)21-18(23)17-13(16-11-25-12(2)27(16)3)10-15(26-20(17)29-21)19-14(22)7-6-8-24-19/h6-8,10-11H,4-5,9,23H2,1-3H3. The molecule has 1 unspecified atom stereocenters. The Bertz CT molecular complexity index is 1220. The van der Waals surface area contributed by atoms with Crippen LogP contribution >= 0.6 is 11.3 Å². The molecule has 2 N–H and O–H groups in total. The first-order valence-electron chi connectivity index (χ1n) is 9.63. The Morgan fingerprint density at radius 2 is 2.13 bits per heavy atom. The molecule has 6 nitrogen and oxygen atoms in total. The van der Waals surface area contributed by atoms with Crippen molar-refractivity contribution >= 4 is 38.4 Å². The highest BCUT2D eigenvalue weighted by atomic mass is 32.2. The predicted octanol–water partition coefficient (Wildman–Crippen LogP) is 4.70. The van der Waals surface area contributed by atoms with Gasteiger partial charge in [-0.25, -0.2) is 14.4 Å². The summed E-state index contributed by atoms with van der Waals surface area (Å²) in [4.78, 5) is 13.8. The van der Waals surface area contributed by atoms with Crippen molar-refractivity contribution in [3.8, 4) is 22.6 Å². The van der Waals surface area contributed by atoms with Crippen molar-refractivity contribution in [2.75, 3.05) is 11.5 Å². The molecule has 4 aromatic heterocycles. The third kappa shape index (κ3) is 3.57. The highest BCUT2D eigenvalue weighted by Crippen LogP contribution is 2.43. The number of pyridine rings is 2. The first-order valence-corrected chi connectivity index (χ1v) is 11.8. The van der Waals surface area contributed by atoms with E-state index in [1.165, 1.54) is 23.6 Å². The molecule has 0 aromatic carbocycles. The van der Waals surface area contributed by atoms with Gasteiger partial charge in [-0.3, -0.25) is 4.98 Å². The molecular weight excluding hydrogens is 421 g/mol. The number of imidazole rings is 1. The summed E-state index contributed by atoms with van der Waals surface area (Å²) in [6, 6.07) is 4.68. The second kappa shape index (κ2) is 8.33. The van der Waals surface area contributed by atoms with Crippen molar-refractivity contribution in [3.05, 3.63) is 42.2 Å². The summed E-state index contributed by atoms with van der Waals surface area (Å²) >= 11 is 0.0960. The van der Waals surface area contributed by atoms with Crippen molar-refractivity contribution in [2.45, 2.75) is 30.9 Å². The smallest absolute Gasteiger partial charge is 0.232 e. The minimum atomic E-state index is -1.21. The van der Waals surface area contributed by atoms with E-state index >= 15 is 0 Å². The van der Waals surface area contributed by atoms with E-state index in [2.05, 4.69) is 21.9 Å². The lowest BCUT2D eigenvalue weighted by Gasteiger charge is -2.10. The molecule has 0 fully saturated rings. The molecule has 4 aromatic rings. The van der Waals surface area contributed by atoms with Crippen LogP contribution in [0.3, 0.4) is 0 Å². The highest BCUT2D eigenvalue weighted by molar-refractivity contribution is 7.93. The van der Waals surface area contributed by atoms with Crippen LogP contribution in [0.15, 0.2) is 34.8 Å². The summed E-state index contributed by atoms with van der Waals surface area (Å²) in [6.45, 7) is 3.97. The lowest BCUT2D eigenvalue weighted by molar-refractivity contribution is 0.594. The molecule has 4 heterocycles. The Morgan fingerprint density at radius 3 is 2.80 bits per heavy atom. The van der Waals surface area contributed by atoms with Crippen LogP contribution in [0.2, 0.25) is 0 Å². The molecule has 0 aliphatic carbocycles. The van der Waals surface area contributed by atoms with Crippen molar-refractivity contribution in [1.82, 2.24) is 19.5 Å². The monoisotopic (exact) mass is 443 g/mol. The normalized spacial score (nSPS) is 12.6. The van der Waals surface area contributed by atoms with Gasteiger partial charge in [0, 0.05) is 24.2 Å². The van der Waals surface area contributed by atoms with Gasteiger partial charge in [-0.15, -0.1) is 0 Å². The highest BCUT2D eigenvalue weighted by Gasteiger charge is 2.26. The number of aryl methyl sites for hydroxylation is 1. The fraction of sp³-hybridized carbons (Fsp3) is 0.286. The molecule has 0 spiro atoms. The second-order valence-corrected chi connectivity index (χ2v) is 9.79. The molecule has 0 aliphatic rings. The Kier molecular flexibility index (Phi) is 5.77. The van der Waals surface area contributed by atoms with E-state index in [1.807, 2.05) is 18.5 Å². The number of hydrogen-bond acceptors (Lipinski definition) is 6. The summed E-state index contributed by atoms with van der Waals surface area (Å²) in [5.41, 5.74) is 9.13. The number of halogens is 1. The van der Waals surface area contributed by atoms with Crippen LogP contribution in [0.5, 0.6) is 0 Å². The van der Waals surface area contributed by atoms with E-state index in [0.717, 1.165) is 35.3 Å². The molecule has 0 aliphatic heterocycles. The summed E-state index contributed by atoms with van der Waals surface area (Å²) in [5, 5.41) is 0.725. The fourth-order valence-corrected chi connectivity index (χ4v) is 6.08. The molecule has 0 saturated carbocycles. The van der Waals surface area contributed by atoms with Crippen LogP contribution in [0.25, 0.3) is 32.9 Å².